The summed E-state index contributed by atoms with van der Waals surface area (Å²) < 4.78 is 7.03. The van der Waals surface area contributed by atoms with Crippen molar-refractivity contribution in [1.82, 2.24) is 15.1 Å². The number of halogens is 1. The normalized spacial score (nSPS) is 10.5. The fraction of sp³-hybridized carbons (Fsp3) is 0.727. The Bertz CT molecular complexity index is 276. The lowest BCUT2D eigenvalue weighted by Crippen LogP contribution is -2.19. The van der Waals surface area contributed by atoms with Crippen LogP contribution in [0, 0.1) is 0 Å². The van der Waals surface area contributed by atoms with Gasteiger partial charge in [-0.2, -0.15) is 5.10 Å². The zero-order valence-electron chi connectivity index (χ0n) is 10.3. The Labute approximate surface area is 104 Å². The van der Waals surface area contributed by atoms with Gasteiger partial charge in [0.05, 0.1) is 5.69 Å². The van der Waals surface area contributed by atoms with Gasteiger partial charge in [0, 0.05) is 32.5 Å². The van der Waals surface area contributed by atoms with Crippen LogP contribution in [0.4, 0.5) is 0 Å². The van der Waals surface area contributed by atoms with E-state index in [1.165, 1.54) is 5.69 Å². The first-order valence-corrected chi connectivity index (χ1v) is 5.47. The first kappa shape index (κ1) is 15.4. The van der Waals surface area contributed by atoms with Gasteiger partial charge < -0.3 is 10.1 Å². The fourth-order valence-electron chi connectivity index (χ4n) is 1.50. The van der Waals surface area contributed by atoms with Crippen LogP contribution >= 0.6 is 12.4 Å². The number of ether oxygens (including phenoxy) is 1. The van der Waals surface area contributed by atoms with E-state index in [4.69, 9.17) is 4.74 Å². The van der Waals surface area contributed by atoms with Crippen molar-refractivity contribution in [1.29, 1.82) is 0 Å². The Balaban J connectivity index is 0.00000225. The van der Waals surface area contributed by atoms with Gasteiger partial charge in [0.25, 0.3) is 0 Å². The van der Waals surface area contributed by atoms with Crippen molar-refractivity contribution in [2.75, 3.05) is 20.3 Å². The number of aromatic nitrogens is 2. The number of nitrogens with one attached hydrogen (secondary N) is 1. The quantitative estimate of drug-likeness (QED) is 0.750. The van der Waals surface area contributed by atoms with Crippen LogP contribution in [0.3, 0.4) is 0 Å². The zero-order chi connectivity index (χ0) is 11.1. The van der Waals surface area contributed by atoms with Gasteiger partial charge in [-0.1, -0.05) is 0 Å². The molecule has 0 fully saturated rings. The maximum Gasteiger partial charge on any atom is 0.0525 e. The summed E-state index contributed by atoms with van der Waals surface area (Å²) in [6.45, 7) is 6.96. The van der Waals surface area contributed by atoms with Crippen molar-refractivity contribution >= 4 is 12.4 Å². The molecule has 5 heteroatoms. The largest absolute Gasteiger partial charge is 0.385 e. The maximum atomic E-state index is 4.98. The second kappa shape index (κ2) is 8.56. The van der Waals surface area contributed by atoms with Crippen LogP contribution in [0.2, 0.25) is 0 Å². The molecule has 0 radical (unpaired) electrons. The molecule has 1 rings (SSSR count). The molecule has 0 aliphatic rings. The summed E-state index contributed by atoms with van der Waals surface area (Å²) in [5.41, 5.74) is 1.24. The second-order valence-corrected chi connectivity index (χ2v) is 3.88. The van der Waals surface area contributed by atoms with E-state index in [0.717, 1.165) is 26.1 Å². The van der Waals surface area contributed by atoms with Crippen LogP contribution in [0.15, 0.2) is 12.3 Å². The molecule has 0 unspecified atom stereocenters. The molecule has 0 amide bonds. The van der Waals surface area contributed by atoms with Crippen LogP contribution in [0.1, 0.15) is 32.0 Å². The highest BCUT2D eigenvalue weighted by Gasteiger charge is 2.04. The van der Waals surface area contributed by atoms with Gasteiger partial charge in [-0.3, -0.25) is 4.68 Å². The highest BCUT2D eigenvalue weighted by Crippen LogP contribution is 2.07. The molecular formula is C11H22ClN3O. The molecule has 0 atom stereocenters. The summed E-state index contributed by atoms with van der Waals surface area (Å²) in [4.78, 5) is 0. The van der Waals surface area contributed by atoms with E-state index >= 15 is 0 Å². The van der Waals surface area contributed by atoms with Gasteiger partial charge in [-0.15, -0.1) is 12.4 Å². The molecule has 1 N–H and O–H groups in total. The van der Waals surface area contributed by atoms with E-state index < -0.39 is 0 Å². The van der Waals surface area contributed by atoms with Crippen molar-refractivity contribution in [2.45, 2.75) is 32.9 Å². The van der Waals surface area contributed by atoms with E-state index in [9.17, 15) is 0 Å². The predicted molar refractivity (Wildman–Crippen MR) is 68.1 cm³/mol. The first-order valence-electron chi connectivity index (χ1n) is 5.47. The molecule has 0 saturated carbocycles. The minimum atomic E-state index is 0. The lowest BCUT2D eigenvalue weighted by Gasteiger charge is -2.11. The Morgan fingerprint density at radius 2 is 2.25 bits per heavy atom. The Kier molecular flexibility index (Phi) is 8.25. The highest BCUT2D eigenvalue weighted by molar-refractivity contribution is 5.85. The van der Waals surface area contributed by atoms with E-state index in [1.54, 1.807) is 7.11 Å². The molecule has 0 aliphatic carbocycles. The van der Waals surface area contributed by atoms with Gasteiger partial charge in [0.1, 0.15) is 0 Å². The van der Waals surface area contributed by atoms with Gasteiger partial charge in [-0.25, -0.2) is 0 Å². The SMILES string of the molecule is COCCCNCc1ccnn1C(C)C.Cl. The van der Waals surface area contributed by atoms with E-state index in [2.05, 4.69) is 30.3 Å². The summed E-state index contributed by atoms with van der Waals surface area (Å²) in [6, 6.07) is 2.49. The molecule has 0 saturated heterocycles. The number of methoxy groups -OCH3 is 1. The van der Waals surface area contributed by atoms with Crippen LogP contribution in [0.25, 0.3) is 0 Å². The average Bonchev–Trinajstić information content (AvgIpc) is 2.66. The third-order valence-corrected chi connectivity index (χ3v) is 2.25. The number of nitrogens with zero attached hydrogens (tertiary/aromatic N) is 2. The molecule has 1 aromatic rings. The van der Waals surface area contributed by atoms with Crippen LogP contribution < -0.4 is 5.32 Å². The lowest BCUT2D eigenvalue weighted by atomic mass is 10.3. The Morgan fingerprint density at radius 3 is 2.88 bits per heavy atom. The van der Waals surface area contributed by atoms with Gasteiger partial charge in [0.15, 0.2) is 0 Å². The third kappa shape index (κ3) is 4.96. The van der Waals surface area contributed by atoms with Crippen LogP contribution in [-0.2, 0) is 11.3 Å². The molecular weight excluding hydrogens is 226 g/mol. The summed E-state index contributed by atoms with van der Waals surface area (Å²) in [5.74, 6) is 0. The summed E-state index contributed by atoms with van der Waals surface area (Å²) >= 11 is 0. The number of hydrogen-bond donors (Lipinski definition) is 1. The van der Waals surface area contributed by atoms with Crippen molar-refractivity contribution in [3.05, 3.63) is 18.0 Å². The summed E-state index contributed by atoms with van der Waals surface area (Å²) in [6.07, 6.45) is 2.90. The topological polar surface area (TPSA) is 39.1 Å². The maximum absolute atomic E-state index is 4.98. The minimum Gasteiger partial charge on any atom is -0.385 e. The van der Waals surface area contributed by atoms with E-state index in [1.807, 2.05) is 10.9 Å². The summed E-state index contributed by atoms with van der Waals surface area (Å²) in [7, 11) is 1.73. The smallest absolute Gasteiger partial charge is 0.0525 e. The van der Waals surface area contributed by atoms with Crippen LogP contribution in [-0.4, -0.2) is 30.0 Å². The standard InChI is InChI=1S/C11H21N3O.ClH/c1-10(2)14-11(5-7-13-14)9-12-6-4-8-15-3;/h5,7,10,12H,4,6,8-9H2,1-3H3;1H. The highest BCUT2D eigenvalue weighted by atomic mass is 35.5. The monoisotopic (exact) mass is 247 g/mol. The molecule has 16 heavy (non-hydrogen) atoms. The van der Waals surface area contributed by atoms with Crippen molar-refractivity contribution in [3.63, 3.8) is 0 Å². The first-order chi connectivity index (χ1) is 7.25. The number of hydrogen-bond acceptors (Lipinski definition) is 3. The zero-order valence-corrected chi connectivity index (χ0v) is 11.1. The van der Waals surface area contributed by atoms with Gasteiger partial charge >= 0.3 is 0 Å². The predicted octanol–water partition coefficient (Wildman–Crippen LogP) is 2.01. The van der Waals surface area contributed by atoms with E-state index in [-0.39, 0.29) is 12.4 Å². The van der Waals surface area contributed by atoms with Crippen LogP contribution in [0.5, 0.6) is 0 Å². The Hall–Kier alpha value is -0.580. The molecule has 0 aromatic carbocycles. The third-order valence-electron chi connectivity index (χ3n) is 2.25. The molecule has 0 aliphatic heterocycles. The average molecular weight is 248 g/mol. The molecule has 4 nitrogen and oxygen atoms in total. The van der Waals surface area contributed by atoms with Crippen molar-refractivity contribution in [3.8, 4) is 0 Å². The molecule has 94 valence electrons. The number of rotatable bonds is 7. The lowest BCUT2D eigenvalue weighted by molar-refractivity contribution is 0.194. The van der Waals surface area contributed by atoms with Gasteiger partial charge in [0.2, 0.25) is 0 Å². The van der Waals surface area contributed by atoms with E-state index in [0.29, 0.717) is 6.04 Å². The molecule has 0 spiro atoms. The molecule has 1 heterocycles. The second-order valence-electron chi connectivity index (χ2n) is 3.88. The fourth-order valence-corrected chi connectivity index (χ4v) is 1.50. The summed E-state index contributed by atoms with van der Waals surface area (Å²) in [5, 5.41) is 7.66. The van der Waals surface area contributed by atoms with Crippen molar-refractivity contribution < 1.29 is 4.74 Å². The van der Waals surface area contributed by atoms with Crippen molar-refractivity contribution in [2.24, 2.45) is 0 Å². The molecule has 1 aromatic heterocycles. The minimum absolute atomic E-state index is 0. The van der Waals surface area contributed by atoms with Gasteiger partial charge in [-0.05, 0) is 32.9 Å². The molecule has 0 bridgehead atoms. The Morgan fingerprint density at radius 1 is 1.50 bits per heavy atom.